The first-order chi connectivity index (χ1) is 9.67. The zero-order chi connectivity index (χ0) is 16.2. The van der Waals surface area contributed by atoms with Gasteiger partial charge >= 0.3 is 11.7 Å². The summed E-state index contributed by atoms with van der Waals surface area (Å²) >= 11 is 0. The lowest BCUT2D eigenvalue weighted by Crippen LogP contribution is -2.47. The number of aliphatic carboxylic acids is 1. The Balaban J connectivity index is 2.86. The Morgan fingerprint density at radius 1 is 1.57 bits per heavy atom. The number of carboxylic acids is 1. The fourth-order valence-corrected chi connectivity index (χ4v) is 1.84. The number of hydrogen-bond donors (Lipinski definition) is 2. The van der Waals surface area contributed by atoms with E-state index in [2.05, 4.69) is 0 Å². The highest BCUT2D eigenvalue weighted by atomic mass is 16.6. The van der Waals surface area contributed by atoms with Crippen LogP contribution in [0.4, 0.5) is 5.69 Å². The molecule has 0 bridgehead atoms. The van der Waals surface area contributed by atoms with Crippen molar-refractivity contribution in [2.45, 2.75) is 31.9 Å². The molecule has 0 aliphatic heterocycles. The van der Waals surface area contributed by atoms with Gasteiger partial charge in [0.2, 0.25) is 0 Å². The molecule has 3 N–H and O–H groups in total. The topological polar surface area (TPSA) is 125 Å². The van der Waals surface area contributed by atoms with Gasteiger partial charge in [-0.1, -0.05) is 0 Å². The van der Waals surface area contributed by atoms with Crippen molar-refractivity contribution >= 4 is 11.7 Å². The summed E-state index contributed by atoms with van der Waals surface area (Å²) in [6.07, 6.45) is -0.466. The van der Waals surface area contributed by atoms with E-state index in [9.17, 15) is 14.9 Å². The molecule has 8 nitrogen and oxygen atoms in total. The monoisotopic (exact) mass is 298 g/mol. The van der Waals surface area contributed by atoms with Gasteiger partial charge in [0.05, 0.1) is 24.2 Å². The van der Waals surface area contributed by atoms with Gasteiger partial charge in [-0.25, -0.2) is 0 Å². The first-order valence-electron chi connectivity index (χ1n) is 6.18. The first kappa shape index (κ1) is 16.7. The molecule has 1 aromatic carbocycles. The molecule has 8 heteroatoms. The van der Waals surface area contributed by atoms with Crippen LogP contribution in [0.1, 0.15) is 20.3 Å². The standard InChI is InChI=1S/C13H18N2O6/c1-8(7-13(2,14)12(16)17)21-9-4-5-11(20-3)10(6-9)15(18)19/h4-6,8H,7,14H2,1-3H3,(H,16,17). The smallest absolute Gasteiger partial charge is 0.323 e. The lowest BCUT2D eigenvalue weighted by molar-refractivity contribution is -0.385. The van der Waals surface area contributed by atoms with Crippen LogP contribution in [-0.2, 0) is 4.79 Å². The van der Waals surface area contributed by atoms with Crippen LogP contribution < -0.4 is 15.2 Å². The summed E-state index contributed by atoms with van der Waals surface area (Å²) < 4.78 is 10.4. The average Bonchev–Trinajstić information content (AvgIpc) is 2.37. The van der Waals surface area contributed by atoms with E-state index in [0.29, 0.717) is 0 Å². The molecular weight excluding hydrogens is 280 g/mol. The summed E-state index contributed by atoms with van der Waals surface area (Å²) in [5.74, 6) is -0.774. The van der Waals surface area contributed by atoms with Crippen molar-refractivity contribution in [3.05, 3.63) is 28.3 Å². The number of benzene rings is 1. The molecule has 2 unspecified atom stereocenters. The molecule has 0 amide bonds. The van der Waals surface area contributed by atoms with Crippen LogP contribution in [-0.4, -0.2) is 34.8 Å². The lowest BCUT2D eigenvalue weighted by atomic mass is 9.96. The van der Waals surface area contributed by atoms with Gasteiger partial charge in [0, 0.05) is 6.42 Å². The molecule has 1 rings (SSSR count). The Morgan fingerprint density at radius 2 is 2.19 bits per heavy atom. The number of nitro groups is 1. The molecule has 0 spiro atoms. The highest BCUT2D eigenvalue weighted by molar-refractivity contribution is 5.77. The summed E-state index contributed by atoms with van der Waals surface area (Å²) in [6, 6.07) is 4.15. The largest absolute Gasteiger partial charge is 0.490 e. The average molecular weight is 298 g/mol. The molecule has 1 aromatic rings. The Kier molecular flexibility index (Phi) is 5.09. The number of nitro benzene ring substituents is 1. The highest BCUT2D eigenvalue weighted by Gasteiger charge is 2.31. The van der Waals surface area contributed by atoms with Crippen LogP contribution in [0.5, 0.6) is 11.5 Å². The zero-order valence-electron chi connectivity index (χ0n) is 12.0. The second kappa shape index (κ2) is 6.40. The number of ether oxygens (including phenoxy) is 2. The van der Waals surface area contributed by atoms with E-state index >= 15 is 0 Å². The predicted molar refractivity (Wildman–Crippen MR) is 74.6 cm³/mol. The van der Waals surface area contributed by atoms with Gasteiger partial charge in [0.1, 0.15) is 11.3 Å². The SMILES string of the molecule is COc1ccc(OC(C)CC(C)(N)C(=O)O)cc1[N+](=O)[O-]. The third-order valence-electron chi connectivity index (χ3n) is 2.88. The van der Waals surface area contributed by atoms with E-state index in [1.54, 1.807) is 6.92 Å². The Morgan fingerprint density at radius 3 is 2.67 bits per heavy atom. The third-order valence-corrected chi connectivity index (χ3v) is 2.88. The number of nitrogens with two attached hydrogens (primary N) is 1. The van der Waals surface area contributed by atoms with Gasteiger partial charge in [-0.3, -0.25) is 14.9 Å². The van der Waals surface area contributed by atoms with Crippen molar-refractivity contribution in [1.29, 1.82) is 0 Å². The number of hydrogen-bond acceptors (Lipinski definition) is 6. The summed E-state index contributed by atoms with van der Waals surface area (Å²) in [7, 11) is 1.33. The summed E-state index contributed by atoms with van der Waals surface area (Å²) in [4.78, 5) is 21.3. The van der Waals surface area contributed by atoms with E-state index in [4.69, 9.17) is 20.3 Å². The Hall–Kier alpha value is -2.35. The predicted octanol–water partition coefficient (Wildman–Crippen LogP) is 1.56. The van der Waals surface area contributed by atoms with Crippen LogP contribution in [0.15, 0.2) is 18.2 Å². The van der Waals surface area contributed by atoms with E-state index < -0.39 is 22.5 Å². The van der Waals surface area contributed by atoms with Gasteiger partial charge in [-0.05, 0) is 26.0 Å². The molecule has 0 aromatic heterocycles. The van der Waals surface area contributed by atoms with Crippen molar-refractivity contribution in [2.75, 3.05) is 7.11 Å². The quantitative estimate of drug-likeness (QED) is 0.578. The first-order valence-corrected chi connectivity index (χ1v) is 6.18. The summed E-state index contributed by atoms with van der Waals surface area (Å²) in [5, 5.41) is 19.9. The minimum atomic E-state index is -1.43. The van der Waals surface area contributed by atoms with Crippen molar-refractivity contribution in [3.63, 3.8) is 0 Å². The van der Waals surface area contributed by atoms with Gasteiger partial charge in [0.15, 0.2) is 5.75 Å². The fraction of sp³-hybridized carbons (Fsp3) is 0.462. The summed E-state index contributed by atoms with van der Waals surface area (Å²) in [5.41, 5.74) is 3.97. The van der Waals surface area contributed by atoms with Crippen LogP contribution in [0.2, 0.25) is 0 Å². The molecule has 0 fully saturated rings. The van der Waals surface area contributed by atoms with Crippen LogP contribution >= 0.6 is 0 Å². The van der Waals surface area contributed by atoms with Crippen molar-refractivity contribution in [3.8, 4) is 11.5 Å². The number of carbonyl (C=O) groups is 1. The zero-order valence-corrected chi connectivity index (χ0v) is 12.0. The van der Waals surface area contributed by atoms with Crippen LogP contribution in [0.3, 0.4) is 0 Å². The molecule has 0 aliphatic rings. The fourth-order valence-electron chi connectivity index (χ4n) is 1.84. The minimum absolute atomic E-state index is 0.0577. The number of carboxylic acid groups (broad SMARTS) is 1. The van der Waals surface area contributed by atoms with Crippen molar-refractivity contribution < 1.29 is 24.3 Å². The molecule has 0 saturated carbocycles. The molecule has 0 aliphatic carbocycles. The molecule has 2 atom stereocenters. The van der Waals surface area contributed by atoms with Crippen molar-refractivity contribution in [1.82, 2.24) is 0 Å². The second-order valence-corrected chi connectivity index (χ2v) is 4.95. The number of methoxy groups -OCH3 is 1. The minimum Gasteiger partial charge on any atom is -0.490 e. The highest BCUT2D eigenvalue weighted by Crippen LogP contribution is 2.31. The van der Waals surface area contributed by atoms with E-state index in [1.807, 2.05) is 0 Å². The van der Waals surface area contributed by atoms with Gasteiger partial charge < -0.3 is 20.3 Å². The second-order valence-electron chi connectivity index (χ2n) is 4.95. The number of rotatable bonds is 7. The molecule has 0 radical (unpaired) electrons. The van der Waals surface area contributed by atoms with E-state index in [-0.39, 0.29) is 23.6 Å². The van der Waals surface area contributed by atoms with E-state index in [1.165, 1.54) is 32.2 Å². The van der Waals surface area contributed by atoms with Gasteiger partial charge in [0.25, 0.3) is 0 Å². The maximum Gasteiger partial charge on any atom is 0.323 e. The van der Waals surface area contributed by atoms with Crippen LogP contribution in [0.25, 0.3) is 0 Å². The molecule has 116 valence electrons. The van der Waals surface area contributed by atoms with Gasteiger partial charge in [-0.15, -0.1) is 0 Å². The molecule has 21 heavy (non-hydrogen) atoms. The maximum absolute atomic E-state index is 10.9. The molecule has 0 heterocycles. The Bertz CT molecular complexity index is 543. The van der Waals surface area contributed by atoms with Crippen LogP contribution in [0, 0.1) is 10.1 Å². The van der Waals surface area contributed by atoms with Crippen molar-refractivity contribution in [2.24, 2.45) is 5.73 Å². The normalized spacial score (nSPS) is 14.9. The van der Waals surface area contributed by atoms with E-state index in [0.717, 1.165) is 0 Å². The summed E-state index contributed by atoms with van der Waals surface area (Å²) in [6.45, 7) is 3.02. The maximum atomic E-state index is 10.9. The Labute approximate surface area is 121 Å². The molecular formula is C13H18N2O6. The van der Waals surface area contributed by atoms with Gasteiger partial charge in [-0.2, -0.15) is 0 Å². The number of nitrogens with zero attached hydrogens (tertiary/aromatic N) is 1. The third kappa shape index (κ3) is 4.32. The molecule has 0 saturated heterocycles. The lowest BCUT2D eigenvalue weighted by Gasteiger charge is -2.24.